The van der Waals surface area contributed by atoms with Crippen LogP contribution in [0.25, 0.3) is 0 Å². The van der Waals surface area contributed by atoms with Gasteiger partial charge in [-0.15, -0.1) is 0 Å². The van der Waals surface area contributed by atoms with Crippen LogP contribution in [-0.4, -0.2) is 59.4 Å². The first-order valence-corrected chi connectivity index (χ1v) is 11.8. The highest BCUT2D eigenvalue weighted by Crippen LogP contribution is 2.66. The maximum Gasteiger partial charge on any atom is 0.313 e. The highest BCUT2D eigenvalue weighted by Gasteiger charge is 2.75. The van der Waals surface area contributed by atoms with E-state index in [1.54, 1.807) is 12.4 Å². The van der Waals surface area contributed by atoms with Crippen LogP contribution in [0.1, 0.15) is 68.2 Å². The molecule has 1 aliphatic carbocycles. The van der Waals surface area contributed by atoms with Gasteiger partial charge in [0.15, 0.2) is 5.60 Å². The van der Waals surface area contributed by atoms with Crippen molar-refractivity contribution in [3.8, 4) is 0 Å². The number of hydrogen-bond donors (Lipinski definition) is 0. The van der Waals surface area contributed by atoms with Gasteiger partial charge in [-0.05, 0) is 77.7 Å². The van der Waals surface area contributed by atoms with Gasteiger partial charge in [0.05, 0.1) is 5.41 Å². The van der Waals surface area contributed by atoms with Gasteiger partial charge < -0.3 is 9.64 Å². The predicted molar refractivity (Wildman–Crippen MR) is 132 cm³/mol. The number of carbonyl (C=O) groups is 2. The second-order valence-electron chi connectivity index (χ2n) is 10.1. The van der Waals surface area contributed by atoms with Crippen molar-refractivity contribution in [1.29, 1.82) is 0 Å². The maximum absolute atomic E-state index is 11.6. The number of ether oxygens (including phenoxy) is 1. The van der Waals surface area contributed by atoms with E-state index < -0.39 is 21.7 Å². The van der Waals surface area contributed by atoms with E-state index >= 15 is 0 Å². The largest absolute Gasteiger partial charge is 0.449 e. The molecular formula is C25H42ClN3O3. The zero-order valence-electron chi connectivity index (χ0n) is 21.5. The molecule has 2 bridgehead atoms. The number of nitrogens with zero attached hydrogens (tertiary/aromatic N) is 3. The van der Waals surface area contributed by atoms with Gasteiger partial charge in [-0.3, -0.25) is 19.5 Å². The summed E-state index contributed by atoms with van der Waals surface area (Å²) in [7, 11) is 4.02. The Hall–Kier alpha value is -1.66. The Bertz CT molecular complexity index is 759. The number of fused-ring (bicyclic) bond motifs is 2. The van der Waals surface area contributed by atoms with Crippen molar-refractivity contribution >= 4 is 28.5 Å². The number of anilines is 1. The molecule has 2 aliphatic rings. The summed E-state index contributed by atoms with van der Waals surface area (Å²) >= 11 is 5.56. The Balaban J connectivity index is 0.000000252. The third kappa shape index (κ3) is 5.45. The fourth-order valence-corrected chi connectivity index (χ4v) is 5.03. The minimum Gasteiger partial charge on any atom is -0.449 e. The van der Waals surface area contributed by atoms with Gasteiger partial charge in [-0.25, -0.2) is 0 Å². The molecule has 6 nitrogen and oxygen atoms in total. The zero-order valence-corrected chi connectivity index (χ0v) is 22.3. The van der Waals surface area contributed by atoms with Gasteiger partial charge in [-0.2, -0.15) is 0 Å². The van der Waals surface area contributed by atoms with Crippen LogP contribution in [0.2, 0.25) is 0 Å². The fourth-order valence-electron chi connectivity index (χ4n) is 4.66. The van der Waals surface area contributed by atoms with Crippen LogP contribution in [0.4, 0.5) is 5.69 Å². The number of hydrogen-bond acceptors (Lipinski definition) is 6. The van der Waals surface area contributed by atoms with Crippen LogP contribution in [-0.2, 0) is 14.3 Å². The molecule has 7 heteroatoms. The highest BCUT2D eigenvalue weighted by atomic mass is 35.5. The Morgan fingerprint density at radius 3 is 1.78 bits per heavy atom. The molecule has 1 aromatic heterocycles. The van der Waals surface area contributed by atoms with Crippen molar-refractivity contribution in [2.24, 2.45) is 10.8 Å². The summed E-state index contributed by atoms with van der Waals surface area (Å²) in [5.74, 6) is -0.289. The molecule has 3 rings (SSSR count). The summed E-state index contributed by atoms with van der Waals surface area (Å²) in [6.45, 7) is 17.9. The number of rotatable bonds is 5. The van der Waals surface area contributed by atoms with Crippen molar-refractivity contribution in [2.75, 3.05) is 25.5 Å². The molecule has 1 aliphatic heterocycles. The van der Waals surface area contributed by atoms with E-state index in [0.29, 0.717) is 24.9 Å². The van der Waals surface area contributed by atoms with E-state index in [0.717, 1.165) is 6.54 Å². The summed E-state index contributed by atoms with van der Waals surface area (Å²) in [6.07, 6.45) is 4.80. The molecule has 1 aromatic rings. The lowest BCUT2D eigenvalue weighted by molar-refractivity contribution is -0.164. The van der Waals surface area contributed by atoms with E-state index in [1.807, 2.05) is 51.9 Å². The molecule has 0 N–H and O–H groups in total. The molecule has 2 atom stereocenters. The summed E-state index contributed by atoms with van der Waals surface area (Å²) < 4.78 is 5.21. The monoisotopic (exact) mass is 467 g/mol. The second kappa shape index (κ2) is 11.0. The first kappa shape index (κ1) is 28.4. The fraction of sp³-hybridized carbons (Fsp3) is 0.720. The molecule has 0 spiro atoms. The minimum atomic E-state index is -1.08. The topological polar surface area (TPSA) is 62.7 Å². The van der Waals surface area contributed by atoms with Crippen molar-refractivity contribution in [2.45, 2.75) is 85.9 Å². The molecule has 0 radical (unpaired) electrons. The van der Waals surface area contributed by atoms with E-state index in [4.69, 9.17) is 16.3 Å². The molecule has 2 fully saturated rings. The average molecular weight is 468 g/mol. The average Bonchev–Trinajstić information content (AvgIpc) is 3.00. The summed E-state index contributed by atoms with van der Waals surface area (Å²) in [6, 6.07) is 5.32. The molecular weight excluding hydrogens is 426 g/mol. The zero-order chi connectivity index (χ0) is 24.9. The number of halogens is 1. The van der Waals surface area contributed by atoms with Gasteiger partial charge >= 0.3 is 5.97 Å². The Kier molecular flexibility index (Phi) is 9.73. The molecule has 1 saturated carbocycles. The standard InChI is InChI=1S/C10H13ClO3.C8H19N.C7H10N2/c1-8(2)9(3)4-5-10(8,6(11)12)14-7(9)13;1-6-9(7(2)3)8(4)5;1-9(2)7-3-5-8-6-4-7/h4-5H2,1-3H3;7-8H,6H2,1-5H3;3-6H,1-2H3/t9?,10-;;/m1../s1. The lowest BCUT2D eigenvalue weighted by Gasteiger charge is -2.33. The van der Waals surface area contributed by atoms with E-state index in [1.165, 1.54) is 5.69 Å². The smallest absolute Gasteiger partial charge is 0.313 e. The normalized spacial score (nSPS) is 25.1. The van der Waals surface area contributed by atoms with Crippen LogP contribution in [0, 0.1) is 10.8 Å². The summed E-state index contributed by atoms with van der Waals surface area (Å²) in [5, 5.41) is -0.544. The quantitative estimate of drug-likeness (QED) is 0.441. The lowest BCUT2D eigenvalue weighted by Crippen LogP contribution is -2.45. The van der Waals surface area contributed by atoms with E-state index in [-0.39, 0.29) is 5.97 Å². The van der Waals surface area contributed by atoms with E-state index in [2.05, 4.69) is 44.5 Å². The Morgan fingerprint density at radius 2 is 1.59 bits per heavy atom. The van der Waals surface area contributed by atoms with Crippen LogP contribution in [0.5, 0.6) is 0 Å². The van der Waals surface area contributed by atoms with Crippen LogP contribution >= 0.6 is 11.6 Å². The van der Waals surface area contributed by atoms with Crippen molar-refractivity contribution < 1.29 is 14.3 Å². The minimum absolute atomic E-state index is 0.289. The van der Waals surface area contributed by atoms with Gasteiger partial charge in [-0.1, -0.05) is 20.8 Å². The molecule has 182 valence electrons. The number of pyridine rings is 1. The Morgan fingerprint density at radius 1 is 1.09 bits per heavy atom. The third-order valence-corrected chi connectivity index (χ3v) is 7.58. The Labute approximate surface area is 199 Å². The third-order valence-electron chi connectivity index (χ3n) is 7.27. The molecule has 2 heterocycles. The molecule has 1 saturated heterocycles. The molecule has 32 heavy (non-hydrogen) atoms. The van der Waals surface area contributed by atoms with Gasteiger partial charge in [0.1, 0.15) is 0 Å². The van der Waals surface area contributed by atoms with Crippen molar-refractivity contribution in [1.82, 2.24) is 9.88 Å². The number of carbonyl (C=O) groups excluding carboxylic acids is 2. The van der Waals surface area contributed by atoms with E-state index in [9.17, 15) is 9.59 Å². The van der Waals surface area contributed by atoms with Crippen LogP contribution in [0.15, 0.2) is 24.5 Å². The molecule has 1 unspecified atom stereocenters. The van der Waals surface area contributed by atoms with Crippen LogP contribution < -0.4 is 4.90 Å². The van der Waals surface area contributed by atoms with Crippen molar-refractivity contribution in [3.05, 3.63) is 24.5 Å². The van der Waals surface area contributed by atoms with Crippen LogP contribution in [0.3, 0.4) is 0 Å². The van der Waals surface area contributed by atoms with Crippen molar-refractivity contribution in [3.63, 3.8) is 0 Å². The first-order valence-electron chi connectivity index (χ1n) is 11.4. The SMILES string of the molecule is CC12CC[C@](C(=O)Cl)(OC1=O)C2(C)C.CCN(C(C)C)C(C)C.CN(C)c1ccncc1. The van der Waals surface area contributed by atoms with Gasteiger partial charge in [0, 0.05) is 49.7 Å². The highest BCUT2D eigenvalue weighted by molar-refractivity contribution is 6.65. The van der Waals surface area contributed by atoms with Gasteiger partial charge in [0.25, 0.3) is 5.24 Å². The first-order chi connectivity index (χ1) is 14.7. The predicted octanol–water partition coefficient (Wildman–Crippen LogP) is 5.15. The summed E-state index contributed by atoms with van der Waals surface area (Å²) in [4.78, 5) is 31.5. The second-order valence-corrected chi connectivity index (χ2v) is 10.4. The number of aromatic nitrogens is 1. The summed E-state index contributed by atoms with van der Waals surface area (Å²) in [5.41, 5.74) is -0.960. The van der Waals surface area contributed by atoms with Gasteiger partial charge in [0.2, 0.25) is 0 Å². The maximum atomic E-state index is 11.6. The lowest BCUT2D eigenvalue weighted by atomic mass is 9.67. The molecule has 0 aromatic carbocycles. The molecule has 0 amide bonds. The number of esters is 1.